The summed E-state index contributed by atoms with van der Waals surface area (Å²) in [6.07, 6.45) is 1.19. The average Bonchev–Trinajstić information content (AvgIpc) is 2.93. The Morgan fingerprint density at radius 3 is 2.64 bits per heavy atom. The first kappa shape index (κ1) is 17.0. The molecule has 0 bridgehead atoms. The number of hydrogen-bond acceptors (Lipinski definition) is 5. The number of fused-ring (bicyclic) bond motifs is 1. The average molecular weight is 339 g/mol. The predicted molar refractivity (Wildman–Crippen MR) is 95.6 cm³/mol. The molecular formula is C19H21N3O3. The molecule has 0 aliphatic carbocycles. The molecule has 1 aromatic carbocycles. The lowest BCUT2D eigenvalue weighted by atomic mass is 10.0. The largest absolute Gasteiger partial charge is 0.453 e. The summed E-state index contributed by atoms with van der Waals surface area (Å²) in [5.41, 5.74) is 1.92. The SMILES string of the molecule is CCN(CC)c1ccc(NC(=O)C[C@@H]2OC(=O)c3ccccc32)cn1. The van der Waals surface area contributed by atoms with Gasteiger partial charge < -0.3 is 15.0 Å². The third kappa shape index (κ3) is 3.63. The van der Waals surface area contributed by atoms with E-state index in [1.165, 1.54) is 0 Å². The van der Waals surface area contributed by atoms with Crippen LogP contribution in [0.15, 0.2) is 42.6 Å². The topological polar surface area (TPSA) is 71.5 Å². The minimum atomic E-state index is -0.536. The number of pyridine rings is 1. The second kappa shape index (κ2) is 7.34. The number of rotatable bonds is 6. The van der Waals surface area contributed by atoms with E-state index >= 15 is 0 Å². The zero-order valence-corrected chi connectivity index (χ0v) is 14.4. The Labute approximate surface area is 146 Å². The highest BCUT2D eigenvalue weighted by Crippen LogP contribution is 2.32. The van der Waals surface area contributed by atoms with Gasteiger partial charge in [0.15, 0.2) is 0 Å². The van der Waals surface area contributed by atoms with Crippen molar-refractivity contribution in [3.63, 3.8) is 0 Å². The van der Waals surface area contributed by atoms with E-state index in [1.807, 2.05) is 24.3 Å². The van der Waals surface area contributed by atoms with E-state index in [0.717, 1.165) is 24.5 Å². The van der Waals surface area contributed by atoms with Crippen LogP contribution in [0.5, 0.6) is 0 Å². The number of anilines is 2. The summed E-state index contributed by atoms with van der Waals surface area (Å²) in [7, 11) is 0. The molecule has 0 radical (unpaired) electrons. The van der Waals surface area contributed by atoms with Crippen LogP contribution >= 0.6 is 0 Å². The number of aromatic nitrogens is 1. The van der Waals surface area contributed by atoms with Gasteiger partial charge in [-0.3, -0.25) is 4.79 Å². The Hall–Kier alpha value is -2.89. The van der Waals surface area contributed by atoms with Crippen molar-refractivity contribution in [2.24, 2.45) is 0 Å². The van der Waals surface area contributed by atoms with Crippen molar-refractivity contribution in [3.8, 4) is 0 Å². The molecule has 2 aromatic rings. The van der Waals surface area contributed by atoms with Gasteiger partial charge >= 0.3 is 5.97 Å². The van der Waals surface area contributed by atoms with E-state index in [4.69, 9.17) is 4.74 Å². The highest BCUT2D eigenvalue weighted by molar-refractivity contribution is 5.96. The fourth-order valence-corrected chi connectivity index (χ4v) is 2.95. The monoisotopic (exact) mass is 339 g/mol. The molecule has 0 saturated carbocycles. The molecule has 3 rings (SSSR count). The van der Waals surface area contributed by atoms with Crippen LogP contribution in [0.1, 0.15) is 42.3 Å². The normalized spacial score (nSPS) is 15.4. The van der Waals surface area contributed by atoms with Crippen LogP contribution in [0.2, 0.25) is 0 Å². The molecule has 6 nitrogen and oxygen atoms in total. The zero-order chi connectivity index (χ0) is 17.8. The number of cyclic esters (lactones) is 1. The lowest BCUT2D eigenvalue weighted by Crippen LogP contribution is -2.23. The molecule has 0 saturated heterocycles. The number of carbonyl (C=O) groups is 2. The van der Waals surface area contributed by atoms with Crippen LogP contribution < -0.4 is 10.2 Å². The smallest absolute Gasteiger partial charge is 0.339 e. The molecule has 1 N–H and O–H groups in total. The summed E-state index contributed by atoms with van der Waals surface area (Å²) in [4.78, 5) is 30.6. The van der Waals surface area contributed by atoms with Gasteiger partial charge in [0.05, 0.1) is 23.9 Å². The van der Waals surface area contributed by atoms with Gasteiger partial charge in [0.2, 0.25) is 5.91 Å². The highest BCUT2D eigenvalue weighted by atomic mass is 16.5. The van der Waals surface area contributed by atoms with Crippen molar-refractivity contribution in [1.82, 2.24) is 4.98 Å². The van der Waals surface area contributed by atoms with Crippen molar-refractivity contribution in [2.45, 2.75) is 26.4 Å². The summed E-state index contributed by atoms with van der Waals surface area (Å²) < 4.78 is 5.30. The minimum absolute atomic E-state index is 0.0839. The maximum atomic E-state index is 12.3. The van der Waals surface area contributed by atoms with Crippen molar-refractivity contribution < 1.29 is 14.3 Å². The Bertz CT molecular complexity index is 770. The Morgan fingerprint density at radius 2 is 1.96 bits per heavy atom. The van der Waals surface area contributed by atoms with E-state index < -0.39 is 6.10 Å². The van der Waals surface area contributed by atoms with Crippen LogP contribution in [-0.4, -0.2) is 29.9 Å². The molecule has 1 aliphatic heterocycles. The lowest BCUT2D eigenvalue weighted by molar-refractivity contribution is -0.118. The number of amides is 1. The fraction of sp³-hybridized carbons (Fsp3) is 0.316. The quantitative estimate of drug-likeness (QED) is 0.819. The van der Waals surface area contributed by atoms with E-state index in [1.54, 1.807) is 18.3 Å². The lowest BCUT2D eigenvalue weighted by Gasteiger charge is -2.19. The van der Waals surface area contributed by atoms with Gasteiger partial charge in [-0.05, 0) is 32.0 Å². The summed E-state index contributed by atoms with van der Waals surface area (Å²) >= 11 is 0. The van der Waals surface area contributed by atoms with Crippen LogP contribution in [0.3, 0.4) is 0 Å². The van der Waals surface area contributed by atoms with Gasteiger partial charge in [-0.25, -0.2) is 9.78 Å². The predicted octanol–water partition coefficient (Wildman–Crippen LogP) is 3.17. The molecule has 1 amide bonds. The second-order valence-corrected chi connectivity index (χ2v) is 5.81. The Kier molecular flexibility index (Phi) is 4.97. The molecule has 0 fully saturated rings. The molecule has 2 heterocycles. The number of carbonyl (C=O) groups excluding carboxylic acids is 2. The van der Waals surface area contributed by atoms with Gasteiger partial charge in [0.25, 0.3) is 0 Å². The van der Waals surface area contributed by atoms with Gasteiger partial charge in [-0.15, -0.1) is 0 Å². The summed E-state index contributed by atoms with van der Waals surface area (Å²) in [5.74, 6) is 0.284. The van der Waals surface area contributed by atoms with Gasteiger partial charge in [0.1, 0.15) is 11.9 Å². The first-order chi connectivity index (χ1) is 12.1. The van der Waals surface area contributed by atoms with Crippen LogP contribution in [0, 0.1) is 0 Å². The molecule has 1 aliphatic rings. The number of esters is 1. The first-order valence-corrected chi connectivity index (χ1v) is 8.43. The zero-order valence-electron chi connectivity index (χ0n) is 14.4. The van der Waals surface area contributed by atoms with Crippen molar-refractivity contribution in [2.75, 3.05) is 23.3 Å². The summed E-state index contributed by atoms with van der Waals surface area (Å²) in [6, 6.07) is 10.9. The third-order valence-electron chi connectivity index (χ3n) is 4.27. The van der Waals surface area contributed by atoms with Crippen molar-refractivity contribution in [1.29, 1.82) is 0 Å². The Morgan fingerprint density at radius 1 is 1.20 bits per heavy atom. The first-order valence-electron chi connectivity index (χ1n) is 8.43. The Balaban J connectivity index is 1.63. The minimum Gasteiger partial charge on any atom is -0.453 e. The summed E-state index contributed by atoms with van der Waals surface area (Å²) in [5, 5.41) is 2.81. The third-order valence-corrected chi connectivity index (χ3v) is 4.27. The summed E-state index contributed by atoms with van der Waals surface area (Å²) in [6.45, 7) is 5.90. The fourth-order valence-electron chi connectivity index (χ4n) is 2.95. The van der Waals surface area contributed by atoms with Crippen LogP contribution in [0.4, 0.5) is 11.5 Å². The number of hydrogen-bond donors (Lipinski definition) is 1. The van der Waals surface area contributed by atoms with Crippen LogP contribution in [-0.2, 0) is 9.53 Å². The van der Waals surface area contributed by atoms with E-state index in [-0.39, 0.29) is 18.3 Å². The molecule has 1 atom stereocenters. The van der Waals surface area contributed by atoms with Crippen molar-refractivity contribution in [3.05, 3.63) is 53.7 Å². The van der Waals surface area contributed by atoms with Gasteiger partial charge in [-0.1, -0.05) is 18.2 Å². The molecule has 1 aromatic heterocycles. The molecule has 25 heavy (non-hydrogen) atoms. The number of nitrogens with zero attached hydrogens (tertiary/aromatic N) is 2. The van der Waals surface area contributed by atoms with E-state index in [9.17, 15) is 9.59 Å². The van der Waals surface area contributed by atoms with Crippen LogP contribution in [0.25, 0.3) is 0 Å². The number of nitrogens with one attached hydrogen (secondary N) is 1. The molecule has 6 heteroatoms. The standard InChI is InChI=1S/C19H21N3O3/c1-3-22(4-2)17-10-9-13(12-20-17)21-18(23)11-16-14-7-5-6-8-15(14)19(24)25-16/h5-10,12,16H,3-4,11H2,1-2H3,(H,21,23)/t16-/m0/s1. The molecule has 0 spiro atoms. The van der Waals surface area contributed by atoms with E-state index in [0.29, 0.717) is 11.3 Å². The molecular weight excluding hydrogens is 318 g/mol. The van der Waals surface area contributed by atoms with Gasteiger partial charge in [-0.2, -0.15) is 0 Å². The van der Waals surface area contributed by atoms with E-state index in [2.05, 4.69) is 29.0 Å². The van der Waals surface area contributed by atoms with Crippen molar-refractivity contribution >= 4 is 23.4 Å². The maximum Gasteiger partial charge on any atom is 0.339 e. The number of benzene rings is 1. The molecule has 0 unspecified atom stereocenters. The van der Waals surface area contributed by atoms with Gasteiger partial charge in [0, 0.05) is 18.7 Å². The number of ether oxygens (including phenoxy) is 1. The molecule has 130 valence electrons. The highest BCUT2D eigenvalue weighted by Gasteiger charge is 2.32. The maximum absolute atomic E-state index is 12.3. The second-order valence-electron chi connectivity index (χ2n) is 5.81.